The minimum Gasteiger partial charge on any atom is -0.329 e. The first-order valence-electron chi connectivity index (χ1n) is 6.73. The van der Waals surface area contributed by atoms with Gasteiger partial charge in [0.15, 0.2) is 9.84 Å². The van der Waals surface area contributed by atoms with E-state index in [0.29, 0.717) is 12.3 Å². The minimum atomic E-state index is -2.89. The van der Waals surface area contributed by atoms with Crippen molar-refractivity contribution in [1.29, 1.82) is 0 Å². The van der Waals surface area contributed by atoms with Crippen LogP contribution in [0.2, 0.25) is 0 Å². The molecule has 0 spiro atoms. The fourth-order valence-corrected chi connectivity index (χ4v) is 4.06. The Morgan fingerprint density at radius 2 is 2.21 bits per heavy atom. The van der Waals surface area contributed by atoms with Gasteiger partial charge in [0.2, 0.25) is 0 Å². The molecule has 1 unspecified atom stereocenters. The fourth-order valence-electron chi connectivity index (χ4n) is 2.37. The van der Waals surface area contributed by atoms with Crippen LogP contribution < -0.4 is 5.32 Å². The smallest absolute Gasteiger partial charge is 0.152 e. The monoisotopic (exact) mass is 285 g/mol. The third kappa shape index (κ3) is 4.04. The van der Waals surface area contributed by atoms with E-state index in [4.69, 9.17) is 0 Å². The Kier molecular flexibility index (Phi) is 4.01. The Morgan fingerprint density at radius 3 is 2.84 bits per heavy atom. The number of hydrogen-bond donors (Lipinski definition) is 1. The summed E-state index contributed by atoms with van der Waals surface area (Å²) in [5.74, 6) is 0.569. The highest BCUT2D eigenvalue weighted by Crippen LogP contribution is 2.24. The first-order valence-corrected chi connectivity index (χ1v) is 8.55. The van der Waals surface area contributed by atoms with Crippen molar-refractivity contribution in [3.8, 4) is 0 Å². The maximum atomic E-state index is 11.7. The molecule has 0 aliphatic carbocycles. The Bertz CT molecular complexity index is 528. The number of sulfone groups is 1. The lowest BCUT2D eigenvalue weighted by Gasteiger charge is -2.26. The van der Waals surface area contributed by atoms with Crippen molar-refractivity contribution in [2.75, 3.05) is 11.5 Å². The number of hydrogen-bond acceptors (Lipinski definition) is 4. The third-order valence-corrected chi connectivity index (χ3v) is 5.18. The molecule has 1 fully saturated rings. The molecule has 1 aromatic rings. The molecule has 1 aromatic heterocycles. The van der Waals surface area contributed by atoms with Crippen LogP contribution in [0.25, 0.3) is 0 Å². The normalized spacial score (nSPS) is 23.4. The molecule has 5 nitrogen and oxygen atoms in total. The Hall–Kier alpha value is -0.880. The predicted molar refractivity (Wildman–Crippen MR) is 75.7 cm³/mol. The highest BCUT2D eigenvalue weighted by atomic mass is 32.2. The van der Waals surface area contributed by atoms with Crippen LogP contribution in [0.3, 0.4) is 0 Å². The summed E-state index contributed by atoms with van der Waals surface area (Å²) in [4.78, 5) is 4.17. The van der Waals surface area contributed by atoms with Crippen molar-refractivity contribution in [2.45, 2.75) is 51.7 Å². The molecule has 0 bridgehead atoms. The number of rotatable bonds is 3. The molecule has 6 heteroatoms. The van der Waals surface area contributed by atoms with Gasteiger partial charge in [-0.15, -0.1) is 0 Å². The zero-order valence-electron chi connectivity index (χ0n) is 11.9. The van der Waals surface area contributed by atoms with Crippen LogP contribution in [-0.2, 0) is 16.4 Å². The lowest BCUT2D eigenvalue weighted by molar-refractivity contribution is 0.401. The van der Waals surface area contributed by atoms with Gasteiger partial charge in [0.05, 0.1) is 23.5 Å². The molecule has 19 heavy (non-hydrogen) atoms. The van der Waals surface area contributed by atoms with Crippen LogP contribution >= 0.6 is 0 Å². The number of nitrogens with zero attached hydrogens (tertiary/aromatic N) is 2. The van der Waals surface area contributed by atoms with Gasteiger partial charge in [0.1, 0.15) is 0 Å². The van der Waals surface area contributed by atoms with Crippen molar-refractivity contribution < 1.29 is 8.42 Å². The van der Waals surface area contributed by atoms with Crippen LogP contribution in [0.1, 0.15) is 45.3 Å². The number of aromatic nitrogens is 2. The Morgan fingerprint density at radius 1 is 1.47 bits per heavy atom. The van der Waals surface area contributed by atoms with E-state index in [-0.39, 0.29) is 17.3 Å². The summed E-state index contributed by atoms with van der Waals surface area (Å²) >= 11 is 0. The van der Waals surface area contributed by atoms with Crippen LogP contribution in [0, 0.1) is 0 Å². The Balaban J connectivity index is 2.11. The highest BCUT2D eigenvalue weighted by Gasteiger charge is 2.27. The van der Waals surface area contributed by atoms with Gasteiger partial charge in [-0.2, -0.15) is 0 Å². The average Bonchev–Trinajstić information content (AvgIpc) is 2.72. The average molecular weight is 285 g/mol. The summed E-state index contributed by atoms with van der Waals surface area (Å²) < 4.78 is 25.5. The van der Waals surface area contributed by atoms with Crippen molar-refractivity contribution in [3.63, 3.8) is 0 Å². The summed E-state index contributed by atoms with van der Waals surface area (Å²) in [6.07, 6.45) is 5.24. The molecule has 0 radical (unpaired) electrons. The highest BCUT2D eigenvalue weighted by molar-refractivity contribution is 7.91. The second kappa shape index (κ2) is 5.25. The molecule has 1 saturated heterocycles. The zero-order valence-corrected chi connectivity index (χ0v) is 12.7. The van der Waals surface area contributed by atoms with E-state index < -0.39 is 9.84 Å². The van der Waals surface area contributed by atoms with Gasteiger partial charge in [0, 0.05) is 24.3 Å². The number of imidazole rings is 1. The standard InChI is InChI=1S/C13H23N3O2S/c1-13(2,3)15-8-12-7-14-10-16(12)11-5-4-6-19(17,18)9-11/h7,10-11,15H,4-6,8-9H2,1-3H3. The molecule has 108 valence electrons. The lowest BCUT2D eigenvalue weighted by Crippen LogP contribution is -2.36. The van der Waals surface area contributed by atoms with E-state index in [0.717, 1.165) is 18.5 Å². The first kappa shape index (κ1) is 14.5. The van der Waals surface area contributed by atoms with Gasteiger partial charge in [0.25, 0.3) is 0 Å². The van der Waals surface area contributed by atoms with Crippen LogP contribution in [-0.4, -0.2) is 35.0 Å². The fraction of sp³-hybridized carbons (Fsp3) is 0.769. The Labute approximate surface area is 115 Å². The first-order chi connectivity index (χ1) is 8.77. The van der Waals surface area contributed by atoms with Crippen LogP contribution in [0.15, 0.2) is 12.5 Å². The minimum absolute atomic E-state index is 0.0355. The van der Waals surface area contributed by atoms with Gasteiger partial charge in [-0.05, 0) is 33.6 Å². The molecular formula is C13H23N3O2S. The maximum Gasteiger partial charge on any atom is 0.152 e. The molecule has 0 saturated carbocycles. The van der Waals surface area contributed by atoms with Crippen LogP contribution in [0.4, 0.5) is 0 Å². The molecule has 0 amide bonds. The van der Waals surface area contributed by atoms with Gasteiger partial charge in [-0.3, -0.25) is 0 Å². The maximum absolute atomic E-state index is 11.7. The second-order valence-electron chi connectivity index (χ2n) is 6.31. The topological polar surface area (TPSA) is 64.0 Å². The van der Waals surface area contributed by atoms with Gasteiger partial charge >= 0.3 is 0 Å². The molecular weight excluding hydrogens is 262 g/mol. The van der Waals surface area contributed by atoms with Crippen molar-refractivity contribution in [2.24, 2.45) is 0 Å². The molecule has 1 atom stereocenters. The van der Waals surface area contributed by atoms with E-state index in [1.54, 1.807) is 6.33 Å². The molecule has 0 aromatic carbocycles. The lowest BCUT2D eigenvalue weighted by atomic mass is 10.1. The number of nitrogens with one attached hydrogen (secondary N) is 1. The second-order valence-corrected chi connectivity index (χ2v) is 8.53. The molecule has 1 aliphatic rings. The largest absolute Gasteiger partial charge is 0.329 e. The van der Waals surface area contributed by atoms with E-state index in [1.165, 1.54) is 0 Å². The van der Waals surface area contributed by atoms with E-state index in [1.807, 2.05) is 10.8 Å². The molecule has 2 heterocycles. The van der Waals surface area contributed by atoms with E-state index >= 15 is 0 Å². The SMILES string of the molecule is CC(C)(C)NCc1cncn1C1CCCS(=O)(=O)C1. The molecule has 1 aliphatic heterocycles. The summed E-state index contributed by atoms with van der Waals surface area (Å²) in [5, 5.41) is 3.41. The summed E-state index contributed by atoms with van der Waals surface area (Å²) in [5.41, 5.74) is 1.09. The van der Waals surface area contributed by atoms with E-state index in [9.17, 15) is 8.42 Å². The quantitative estimate of drug-likeness (QED) is 0.914. The van der Waals surface area contributed by atoms with Crippen LogP contribution in [0.5, 0.6) is 0 Å². The summed E-state index contributed by atoms with van der Waals surface area (Å²) in [6.45, 7) is 7.04. The van der Waals surface area contributed by atoms with Gasteiger partial charge < -0.3 is 9.88 Å². The molecule has 2 rings (SSSR count). The van der Waals surface area contributed by atoms with Gasteiger partial charge in [-0.25, -0.2) is 13.4 Å². The molecule has 1 N–H and O–H groups in total. The summed E-state index contributed by atoms with van der Waals surface area (Å²) in [7, 11) is -2.89. The zero-order chi connectivity index (χ0) is 14.1. The van der Waals surface area contributed by atoms with E-state index in [2.05, 4.69) is 31.1 Å². The summed E-state index contributed by atoms with van der Waals surface area (Å²) in [6, 6.07) is 0.0398. The predicted octanol–water partition coefficient (Wildman–Crippen LogP) is 1.52. The third-order valence-electron chi connectivity index (χ3n) is 3.38. The van der Waals surface area contributed by atoms with Crippen molar-refractivity contribution in [3.05, 3.63) is 18.2 Å². The van der Waals surface area contributed by atoms with Crippen molar-refractivity contribution in [1.82, 2.24) is 14.9 Å². The van der Waals surface area contributed by atoms with Gasteiger partial charge in [-0.1, -0.05) is 0 Å². The van der Waals surface area contributed by atoms with Crippen molar-refractivity contribution >= 4 is 9.84 Å².